The van der Waals surface area contributed by atoms with E-state index in [-0.39, 0.29) is 0 Å². The van der Waals surface area contributed by atoms with Crippen LogP contribution >= 0.6 is 22.9 Å². The first-order valence-corrected chi connectivity index (χ1v) is 5.65. The molecule has 0 unspecified atom stereocenters. The van der Waals surface area contributed by atoms with Crippen LogP contribution in [0.25, 0.3) is 10.6 Å². The van der Waals surface area contributed by atoms with Gasteiger partial charge in [0.15, 0.2) is 0 Å². The first-order chi connectivity index (χ1) is 6.81. The van der Waals surface area contributed by atoms with Crippen LogP contribution in [0.2, 0.25) is 0 Å². The summed E-state index contributed by atoms with van der Waals surface area (Å²) < 4.78 is 0. The fourth-order valence-electron chi connectivity index (χ4n) is 1.23. The molecule has 0 N–H and O–H groups in total. The lowest BCUT2D eigenvalue weighted by Crippen LogP contribution is -1.92. The Morgan fingerprint density at radius 3 is 2.93 bits per heavy atom. The number of thiophene rings is 1. The molecule has 0 aromatic carbocycles. The van der Waals surface area contributed by atoms with E-state index >= 15 is 0 Å². The number of aromatic nitrogens is 2. The van der Waals surface area contributed by atoms with Crippen molar-refractivity contribution < 1.29 is 0 Å². The summed E-state index contributed by atoms with van der Waals surface area (Å²) >= 11 is 7.37. The molecular formula is C10H9ClN2S. The van der Waals surface area contributed by atoms with E-state index in [1.807, 2.05) is 6.07 Å². The fourth-order valence-corrected chi connectivity index (χ4v) is 2.25. The zero-order chi connectivity index (χ0) is 9.97. The van der Waals surface area contributed by atoms with Crippen LogP contribution in [0.1, 0.15) is 11.4 Å². The smallest absolute Gasteiger partial charge is 0.143 e. The van der Waals surface area contributed by atoms with E-state index in [2.05, 4.69) is 28.3 Å². The fraction of sp³-hybridized carbons (Fsp3) is 0.200. The molecule has 2 nitrogen and oxygen atoms in total. The molecule has 0 fully saturated rings. The molecule has 2 aromatic heterocycles. The highest BCUT2D eigenvalue weighted by Crippen LogP contribution is 2.26. The lowest BCUT2D eigenvalue weighted by atomic mass is 10.2. The van der Waals surface area contributed by atoms with E-state index in [1.54, 1.807) is 17.5 Å². The summed E-state index contributed by atoms with van der Waals surface area (Å²) in [4.78, 5) is 9.61. The Bertz CT molecular complexity index is 439. The van der Waals surface area contributed by atoms with Crippen LogP contribution in [0.4, 0.5) is 0 Å². The Morgan fingerprint density at radius 1 is 1.43 bits per heavy atom. The second kappa shape index (κ2) is 4.07. The predicted octanol–water partition coefficient (Wildman–Crippen LogP) is 3.25. The van der Waals surface area contributed by atoms with Crippen LogP contribution in [0, 0.1) is 6.92 Å². The van der Waals surface area contributed by atoms with Crippen molar-refractivity contribution in [2.75, 3.05) is 0 Å². The molecule has 14 heavy (non-hydrogen) atoms. The van der Waals surface area contributed by atoms with Crippen LogP contribution in [0.5, 0.6) is 0 Å². The molecule has 0 saturated heterocycles. The molecule has 0 atom stereocenters. The molecule has 0 bridgehead atoms. The van der Waals surface area contributed by atoms with Gasteiger partial charge in [-0.25, -0.2) is 9.97 Å². The van der Waals surface area contributed by atoms with Gasteiger partial charge in [0.2, 0.25) is 0 Å². The maximum absolute atomic E-state index is 5.68. The van der Waals surface area contributed by atoms with E-state index < -0.39 is 0 Å². The average Bonchev–Trinajstić information content (AvgIpc) is 2.65. The second-order valence-corrected chi connectivity index (χ2v) is 4.11. The van der Waals surface area contributed by atoms with E-state index in [0.717, 1.165) is 5.69 Å². The zero-order valence-corrected chi connectivity index (χ0v) is 9.27. The van der Waals surface area contributed by atoms with E-state index in [1.165, 1.54) is 10.4 Å². The van der Waals surface area contributed by atoms with Crippen molar-refractivity contribution in [3.05, 3.63) is 35.1 Å². The van der Waals surface area contributed by atoms with Gasteiger partial charge in [0.1, 0.15) is 5.82 Å². The number of nitrogens with zero attached hydrogens (tertiary/aromatic N) is 2. The normalized spacial score (nSPS) is 10.4. The lowest BCUT2D eigenvalue weighted by Gasteiger charge is -2.00. The van der Waals surface area contributed by atoms with Crippen molar-refractivity contribution in [1.82, 2.24) is 9.97 Å². The van der Waals surface area contributed by atoms with Crippen LogP contribution < -0.4 is 0 Å². The van der Waals surface area contributed by atoms with Gasteiger partial charge in [0, 0.05) is 6.20 Å². The van der Waals surface area contributed by atoms with Crippen molar-refractivity contribution in [3.63, 3.8) is 0 Å². The van der Waals surface area contributed by atoms with Crippen LogP contribution in [0.3, 0.4) is 0 Å². The average molecular weight is 225 g/mol. The molecule has 4 heteroatoms. The van der Waals surface area contributed by atoms with Crippen LogP contribution in [-0.2, 0) is 5.88 Å². The summed E-state index contributed by atoms with van der Waals surface area (Å²) in [6.45, 7) is 2.08. The molecule has 72 valence electrons. The van der Waals surface area contributed by atoms with Crippen molar-refractivity contribution >= 4 is 22.9 Å². The van der Waals surface area contributed by atoms with E-state index in [0.29, 0.717) is 11.7 Å². The highest BCUT2D eigenvalue weighted by molar-refractivity contribution is 7.13. The second-order valence-electron chi connectivity index (χ2n) is 2.92. The lowest BCUT2D eigenvalue weighted by molar-refractivity contribution is 1.04. The predicted molar refractivity (Wildman–Crippen MR) is 59.6 cm³/mol. The summed E-state index contributed by atoms with van der Waals surface area (Å²) in [5, 5.41) is 2.06. The van der Waals surface area contributed by atoms with Gasteiger partial charge in [0.05, 0.1) is 16.5 Å². The molecule has 2 aromatic rings. The summed E-state index contributed by atoms with van der Waals surface area (Å²) in [6.07, 6.45) is 1.75. The van der Waals surface area contributed by atoms with E-state index in [4.69, 9.17) is 11.6 Å². The molecule has 0 radical (unpaired) electrons. The minimum atomic E-state index is 0.359. The number of hydrogen-bond donors (Lipinski definition) is 0. The molecule has 0 saturated carbocycles. The van der Waals surface area contributed by atoms with E-state index in [9.17, 15) is 0 Å². The number of aryl methyl sites for hydroxylation is 1. The van der Waals surface area contributed by atoms with Crippen LogP contribution in [-0.4, -0.2) is 9.97 Å². The van der Waals surface area contributed by atoms with Gasteiger partial charge < -0.3 is 0 Å². The summed E-state index contributed by atoms with van der Waals surface area (Å²) in [7, 11) is 0. The highest BCUT2D eigenvalue weighted by Gasteiger charge is 2.05. The Morgan fingerprint density at radius 2 is 2.29 bits per heavy atom. The molecule has 0 aliphatic carbocycles. The third-order valence-corrected chi connectivity index (χ3v) is 3.20. The number of hydrogen-bond acceptors (Lipinski definition) is 3. The van der Waals surface area contributed by atoms with Gasteiger partial charge in [-0.15, -0.1) is 22.9 Å². The van der Waals surface area contributed by atoms with Crippen molar-refractivity contribution in [3.8, 4) is 10.6 Å². The SMILES string of the molecule is Cc1ccsc1-c1ccnc(CCl)n1. The quantitative estimate of drug-likeness (QED) is 0.732. The Kier molecular flexibility index (Phi) is 2.79. The van der Waals surface area contributed by atoms with Gasteiger partial charge in [-0.05, 0) is 30.0 Å². The van der Waals surface area contributed by atoms with Gasteiger partial charge in [-0.3, -0.25) is 0 Å². The maximum Gasteiger partial charge on any atom is 0.143 e. The third-order valence-electron chi connectivity index (χ3n) is 1.92. The molecular weight excluding hydrogens is 216 g/mol. The van der Waals surface area contributed by atoms with Gasteiger partial charge >= 0.3 is 0 Å². The summed E-state index contributed by atoms with van der Waals surface area (Å²) in [5.41, 5.74) is 2.21. The monoisotopic (exact) mass is 224 g/mol. The first kappa shape index (κ1) is 9.62. The molecule has 2 heterocycles. The Balaban J connectivity index is 2.47. The molecule has 2 rings (SSSR count). The molecule has 0 aliphatic rings. The van der Waals surface area contributed by atoms with Crippen LogP contribution in [0.15, 0.2) is 23.7 Å². The van der Waals surface area contributed by atoms with Gasteiger partial charge in [0.25, 0.3) is 0 Å². The third kappa shape index (κ3) is 1.79. The standard InChI is InChI=1S/C10H9ClN2S/c1-7-3-5-14-10(7)8-2-4-12-9(6-11)13-8/h2-5H,6H2,1H3. The van der Waals surface area contributed by atoms with Crippen molar-refractivity contribution in [1.29, 1.82) is 0 Å². The van der Waals surface area contributed by atoms with Crippen molar-refractivity contribution in [2.45, 2.75) is 12.8 Å². The first-order valence-electron chi connectivity index (χ1n) is 4.23. The summed E-state index contributed by atoms with van der Waals surface area (Å²) in [6, 6.07) is 4.00. The van der Waals surface area contributed by atoms with Gasteiger partial charge in [-0.1, -0.05) is 0 Å². The van der Waals surface area contributed by atoms with Gasteiger partial charge in [-0.2, -0.15) is 0 Å². The molecule has 0 aliphatic heterocycles. The molecule has 0 amide bonds. The highest BCUT2D eigenvalue weighted by atomic mass is 35.5. The number of alkyl halides is 1. The largest absolute Gasteiger partial charge is 0.240 e. The Hall–Kier alpha value is -0.930. The minimum Gasteiger partial charge on any atom is -0.240 e. The summed E-state index contributed by atoms with van der Waals surface area (Å²) in [5.74, 6) is 1.04. The number of rotatable bonds is 2. The topological polar surface area (TPSA) is 25.8 Å². The van der Waals surface area contributed by atoms with Crippen molar-refractivity contribution in [2.24, 2.45) is 0 Å². The maximum atomic E-state index is 5.68. The zero-order valence-electron chi connectivity index (χ0n) is 7.70. The molecule has 0 spiro atoms. The number of halogens is 1. The Labute approximate surface area is 91.6 Å². The minimum absolute atomic E-state index is 0.359.